The van der Waals surface area contributed by atoms with Crippen LogP contribution >= 0.6 is 15.9 Å². The fraction of sp³-hybridized carbons (Fsp3) is 0.171. The molecule has 6 aromatic rings. The highest BCUT2D eigenvalue weighted by Crippen LogP contribution is 2.34. The molecule has 0 spiro atoms. The summed E-state index contributed by atoms with van der Waals surface area (Å²) in [4.78, 5) is 31.6. The molecule has 250 valence electrons. The molecule has 0 saturated heterocycles. The fourth-order valence-corrected chi connectivity index (χ4v) is 5.68. The maximum Gasteiger partial charge on any atom is 0.360 e. The Kier molecular flexibility index (Phi) is 10.5. The summed E-state index contributed by atoms with van der Waals surface area (Å²) in [6.07, 6.45) is 2.88. The van der Waals surface area contributed by atoms with Gasteiger partial charge in [0.2, 0.25) is 0 Å². The Morgan fingerprint density at radius 1 is 0.796 bits per heavy atom. The topological polar surface area (TPSA) is 152 Å². The number of rotatable bonds is 8. The quantitative estimate of drug-likeness (QED) is 0.160. The predicted molar refractivity (Wildman–Crippen MR) is 178 cm³/mol. The van der Waals surface area contributed by atoms with Crippen LogP contribution in [0.1, 0.15) is 51.6 Å². The monoisotopic (exact) mass is 731 g/mol. The Bertz CT molecular complexity index is 2240. The minimum atomic E-state index is -0.738. The molecule has 2 aromatic carbocycles. The zero-order chi connectivity index (χ0) is 35.2. The van der Waals surface area contributed by atoms with Crippen LogP contribution in [0.5, 0.6) is 11.5 Å². The van der Waals surface area contributed by atoms with Crippen molar-refractivity contribution in [1.82, 2.24) is 19.1 Å². The molecule has 4 heterocycles. The van der Waals surface area contributed by atoms with Gasteiger partial charge in [-0.2, -0.15) is 5.26 Å². The second kappa shape index (κ2) is 15.0. The molecule has 0 bridgehead atoms. The number of benzene rings is 2. The number of nitriles is 1. The molecule has 0 aliphatic heterocycles. The van der Waals surface area contributed by atoms with Crippen LogP contribution in [0.15, 0.2) is 77.7 Å². The predicted octanol–water partition coefficient (Wildman–Crippen LogP) is 6.85. The molecule has 0 aliphatic rings. The smallest absolute Gasteiger partial charge is 0.360 e. The normalized spacial score (nSPS) is 10.8. The van der Waals surface area contributed by atoms with Gasteiger partial charge in [0, 0.05) is 23.9 Å². The third kappa shape index (κ3) is 7.37. The first-order chi connectivity index (χ1) is 23.6. The molecule has 0 unspecified atom stereocenters. The first kappa shape index (κ1) is 34.5. The van der Waals surface area contributed by atoms with Crippen molar-refractivity contribution in [2.75, 3.05) is 13.2 Å². The number of esters is 2. The Balaban J connectivity index is 0.000000191. The van der Waals surface area contributed by atoms with Gasteiger partial charge in [0.25, 0.3) is 0 Å². The second-order valence-electron chi connectivity index (χ2n) is 10.5. The first-order valence-electron chi connectivity index (χ1n) is 14.9. The van der Waals surface area contributed by atoms with Crippen LogP contribution in [-0.4, -0.2) is 54.5 Å². The lowest BCUT2D eigenvalue weighted by atomic mass is 10.2. The number of hydrogen-bond acceptors (Lipinski definition) is 9. The lowest BCUT2D eigenvalue weighted by Crippen LogP contribution is -2.08. The van der Waals surface area contributed by atoms with E-state index in [9.17, 15) is 33.8 Å². The van der Waals surface area contributed by atoms with Crippen molar-refractivity contribution in [2.24, 2.45) is 0 Å². The van der Waals surface area contributed by atoms with Gasteiger partial charge in [-0.3, -0.25) is 0 Å². The van der Waals surface area contributed by atoms with E-state index in [0.717, 1.165) is 5.56 Å². The molecule has 0 aliphatic carbocycles. The maximum atomic E-state index is 13.4. The van der Waals surface area contributed by atoms with Crippen molar-refractivity contribution in [3.05, 3.63) is 118 Å². The van der Waals surface area contributed by atoms with Crippen LogP contribution in [0, 0.1) is 23.0 Å². The Hall–Kier alpha value is -5.81. The van der Waals surface area contributed by atoms with Crippen LogP contribution in [0.3, 0.4) is 0 Å². The van der Waals surface area contributed by atoms with E-state index in [1.54, 1.807) is 42.7 Å². The third-order valence-corrected chi connectivity index (χ3v) is 7.99. The summed E-state index contributed by atoms with van der Waals surface area (Å²) in [6, 6.07) is 17.5. The molecular formula is C35H28BrF2N5O6. The van der Waals surface area contributed by atoms with Gasteiger partial charge in [-0.15, -0.1) is 0 Å². The highest BCUT2D eigenvalue weighted by atomic mass is 79.9. The van der Waals surface area contributed by atoms with Crippen molar-refractivity contribution >= 4 is 49.7 Å². The van der Waals surface area contributed by atoms with Crippen molar-refractivity contribution in [1.29, 1.82) is 5.26 Å². The Morgan fingerprint density at radius 2 is 1.27 bits per heavy atom. The molecule has 0 radical (unpaired) electrons. The molecule has 4 aromatic heterocycles. The number of carbonyl (C=O) groups is 2. The lowest BCUT2D eigenvalue weighted by molar-refractivity contribution is 0.0506. The van der Waals surface area contributed by atoms with Crippen molar-refractivity contribution in [3.8, 4) is 17.6 Å². The average Bonchev–Trinajstić information content (AvgIpc) is 3.59. The summed E-state index contributed by atoms with van der Waals surface area (Å²) in [5.41, 5.74) is 2.44. The average molecular weight is 733 g/mol. The molecule has 14 heteroatoms. The van der Waals surface area contributed by atoms with E-state index in [1.165, 1.54) is 42.7 Å². The first-order valence-corrected chi connectivity index (χ1v) is 15.7. The Labute approximate surface area is 286 Å². The van der Waals surface area contributed by atoms with Crippen LogP contribution in [0.25, 0.3) is 21.8 Å². The van der Waals surface area contributed by atoms with E-state index in [1.807, 2.05) is 16.7 Å². The molecular weight excluding hydrogens is 704 g/mol. The van der Waals surface area contributed by atoms with Gasteiger partial charge in [-0.05, 0) is 77.3 Å². The van der Waals surface area contributed by atoms with Crippen LogP contribution in [0.4, 0.5) is 8.78 Å². The van der Waals surface area contributed by atoms with Crippen LogP contribution < -0.4 is 0 Å². The summed E-state index contributed by atoms with van der Waals surface area (Å²) in [5, 5.41) is 30.8. The van der Waals surface area contributed by atoms with Crippen molar-refractivity contribution in [2.45, 2.75) is 26.9 Å². The van der Waals surface area contributed by atoms with E-state index >= 15 is 0 Å². The molecule has 49 heavy (non-hydrogen) atoms. The highest BCUT2D eigenvalue weighted by molar-refractivity contribution is 9.10. The van der Waals surface area contributed by atoms with Gasteiger partial charge >= 0.3 is 11.9 Å². The second-order valence-corrected chi connectivity index (χ2v) is 11.3. The van der Waals surface area contributed by atoms with E-state index < -0.39 is 11.9 Å². The fourth-order valence-electron chi connectivity index (χ4n) is 5.14. The van der Waals surface area contributed by atoms with E-state index in [4.69, 9.17) is 9.47 Å². The summed E-state index contributed by atoms with van der Waals surface area (Å²) in [5.74, 6) is -2.68. The van der Waals surface area contributed by atoms with Crippen molar-refractivity contribution in [3.63, 3.8) is 0 Å². The minimum Gasteiger partial charge on any atom is -0.505 e. The van der Waals surface area contributed by atoms with Crippen molar-refractivity contribution < 1.29 is 38.1 Å². The number of hydrogen-bond donors (Lipinski definition) is 2. The van der Waals surface area contributed by atoms with Gasteiger partial charge in [-0.1, -0.05) is 24.3 Å². The zero-order valence-corrected chi connectivity index (χ0v) is 27.7. The number of ether oxygens (including phenoxy) is 2. The molecule has 2 N–H and O–H groups in total. The number of aromatic hydroxyl groups is 2. The number of pyridine rings is 2. The van der Waals surface area contributed by atoms with Crippen LogP contribution in [0.2, 0.25) is 0 Å². The minimum absolute atomic E-state index is 0.125. The number of carbonyl (C=O) groups excluding carboxylic acids is 2. The molecule has 0 fully saturated rings. The van der Waals surface area contributed by atoms with Gasteiger partial charge in [0.15, 0.2) is 22.9 Å². The van der Waals surface area contributed by atoms with Gasteiger partial charge in [0.1, 0.15) is 23.4 Å². The number of halogens is 3. The standard InChI is InChI=1S/C18H14FN3O3.C17H14BrFN2O3/c1-2-25-18(24)16-17(23)14-7-13(8-20)22(15(14)9-21-16)10-11-4-3-5-12(19)6-11;1-2-24-17(23)15-16(22)12-7-14(18)21(13(12)8-20-15)9-10-4-3-5-11(19)6-10/h3-7,9,23H,2,10H2,1H3;3-8,22H,2,9H2,1H3. The summed E-state index contributed by atoms with van der Waals surface area (Å²) < 4.78 is 40.6. The summed E-state index contributed by atoms with van der Waals surface area (Å²) >= 11 is 3.43. The Morgan fingerprint density at radius 3 is 1.73 bits per heavy atom. The number of aromatic nitrogens is 4. The zero-order valence-electron chi connectivity index (χ0n) is 26.2. The number of fused-ring (bicyclic) bond motifs is 2. The van der Waals surface area contributed by atoms with Gasteiger partial charge < -0.3 is 28.8 Å². The van der Waals surface area contributed by atoms with E-state index in [0.29, 0.717) is 38.5 Å². The summed E-state index contributed by atoms with van der Waals surface area (Å²) in [7, 11) is 0. The lowest BCUT2D eigenvalue weighted by Gasteiger charge is -2.09. The van der Waals surface area contributed by atoms with E-state index in [-0.39, 0.29) is 60.0 Å². The molecule has 0 saturated carbocycles. The summed E-state index contributed by atoms with van der Waals surface area (Å²) in [6.45, 7) is 4.30. The molecule has 0 amide bonds. The van der Waals surface area contributed by atoms with E-state index in [2.05, 4.69) is 25.9 Å². The molecule has 11 nitrogen and oxygen atoms in total. The highest BCUT2D eigenvalue weighted by Gasteiger charge is 2.22. The van der Waals surface area contributed by atoms with Gasteiger partial charge in [-0.25, -0.2) is 28.3 Å². The number of nitrogens with zero attached hydrogens (tertiary/aromatic N) is 5. The largest absolute Gasteiger partial charge is 0.505 e. The molecule has 6 rings (SSSR count). The molecule has 0 atom stereocenters. The SMILES string of the molecule is CCOC(=O)c1ncc2c(cc(Br)n2Cc2cccc(F)c2)c1O.CCOC(=O)c1ncc2c(cc(C#N)n2Cc2cccc(F)c2)c1O. The maximum absolute atomic E-state index is 13.4. The third-order valence-electron chi connectivity index (χ3n) is 7.33. The van der Waals surface area contributed by atoms with Gasteiger partial charge in [0.05, 0.1) is 41.2 Å². The van der Waals surface area contributed by atoms with Crippen LogP contribution in [-0.2, 0) is 22.6 Å².